The Labute approximate surface area is 133 Å². The molecule has 1 atom stereocenters. The van der Waals surface area contributed by atoms with Crippen molar-refractivity contribution in [2.24, 2.45) is 11.8 Å². The van der Waals surface area contributed by atoms with Crippen LogP contribution < -0.4 is 5.32 Å². The second kappa shape index (κ2) is 6.99. The molecule has 126 valence electrons. The van der Waals surface area contributed by atoms with Gasteiger partial charge >= 0.3 is 0 Å². The largest absolute Gasteiger partial charge is 0.380 e. The number of hydrogen-bond acceptors (Lipinski definition) is 3. The van der Waals surface area contributed by atoms with Crippen LogP contribution >= 0.6 is 0 Å². The number of nitrogens with one attached hydrogen (secondary N) is 1. The molecule has 1 aliphatic carbocycles. The Kier molecular flexibility index (Phi) is 5.48. The quantitative estimate of drug-likeness (QED) is 0.830. The summed E-state index contributed by atoms with van der Waals surface area (Å²) in [5.41, 5.74) is -1.14. The van der Waals surface area contributed by atoms with Crippen LogP contribution in [0.25, 0.3) is 0 Å². The van der Waals surface area contributed by atoms with E-state index in [4.69, 9.17) is 0 Å². The highest BCUT2D eigenvalue weighted by Gasteiger charge is 2.42. The molecule has 1 saturated carbocycles. The molecule has 1 heterocycles. The summed E-state index contributed by atoms with van der Waals surface area (Å²) in [6.07, 6.45) is 4.40. The average molecular weight is 310 g/mol. The molecule has 0 bridgehead atoms. The van der Waals surface area contributed by atoms with Crippen molar-refractivity contribution in [2.45, 2.75) is 70.9 Å². The molecule has 0 aromatic carbocycles. The first-order valence-electron chi connectivity index (χ1n) is 8.65. The minimum atomic E-state index is -1.14. The molecule has 1 aliphatic heterocycles. The van der Waals surface area contributed by atoms with E-state index in [0.717, 1.165) is 12.8 Å². The molecule has 2 fully saturated rings. The Morgan fingerprint density at radius 1 is 1.14 bits per heavy atom. The first-order chi connectivity index (χ1) is 10.3. The SMILES string of the molecule is CC(C)C(C)NC(=O)C1CCN(C(=O)C2(O)CCCC2)CC1. The van der Waals surface area contributed by atoms with Crippen molar-refractivity contribution in [1.29, 1.82) is 0 Å². The molecule has 0 spiro atoms. The molecule has 22 heavy (non-hydrogen) atoms. The average Bonchev–Trinajstić information content (AvgIpc) is 2.94. The van der Waals surface area contributed by atoms with Gasteiger partial charge in [-0.2, -0.15) is 0 Å². The van der Waals surface area contributed by atoms with E-state index in [-0.39, 0.29) is 23.8 Å². The van der Waals surface area contributed by atoms with Gasteiger partial charge < -0.3 is 15.3 Å². The summed E-state index contributed by atoms with van der Waals surface area (Å²) in [6, 6.07) is 0.173. The fourth-order valence-corrected chi connectivity index (χ4v) is 3.32. The smallest absolute Gasteiger partial charge is 0.254 e. The fraction of sp³-hybridized carbons (Fsp3) is 0.882. The van der Waals surface area contributed by atoms with Crippen LogP contribution in [0.3, 0.4) is 0 Å². The van der Waals surface area contributed by atoms with Crippen LogP contribution in [0.1, 0.15) is 59.3 Å². The van der Waals surface area contributed by atoms with Crippen LogP contribution in [0, 0.1) is 11.8 Å². The fourth-order valence-electron chi connectivity index (χ4n) is 3.32. The van der Waals surface area contributed by atoms with Gasteiger partial charge in [-0.25, -0.2) is 0 Å². The molecule has 2 rings (SSSR count). The molecule has 2 aliphatic rings. The number of carbonyl (C=O) groups is 2. The van der Waals surface area contributed by atoms with Gasteiger partial charge in [0.25, 0.3) is 5.91 Å². The van der Waals surface area contributed by atoms with E-state index in [1.54, 1.807) is 4.90 Å². The summed E-state index contributed by atoms with van der Waals surface area (Å²) < 4.78 is 0. The van der Waals surface area contributed by atoms with Gasteiger partial charge in [0.1, 0.15) is 5.60 Å². The number of nitrogens with zero attached hydrogens (tertiary/aromatic N) is 1. The van der Waals surface area contributed by atoms with Crippen LogP contribution in [0.15, 0.2) is 0 Å². The molecule has 5 nitrogen and oxygen atoms in total. The number of likely N-dealkylation sites (tertiary alicyclic amines) is 1. The maximum Gasteiger partial charge on any atom is 0.254 e. The van der Waals surface area contributed by atoms with Crippen LogP contribution in [0.5, 0.6) is 0 Å². The van der Waals surface area contributed by atoms with Gasteiger partial charge in [-0.1, -0.05) is 13.8 Å². The Hall–Kier alpha value is -1.10. The van der Waals surface area contributed by atoms with E-state index >= 15 is 0 Å². The van der Waals surface area contributed by atoms with Gasteiger partial charge in [0.15, 0.2) is 0 Å². The molecular formula is C17H30N2O3. The van der Waals surface area contributed by atoms with Gasteiger partial charge in [-0.3, -0.25) is 9.59 Å². The molecular weight excluding hydrogens is 280 g/mol. The van der Waals surface area contributed by atoms with E-state index in [9.17, 15) is 14.7 Å². The van der Waals surface area contributed by atoms with Crippen molar-refractivity contribution in [3.05, 3.63) is 0 Å². The third kappa shape index (κ3) is 3.80. The van der Waals surface area contributed by atoms with Crippen LogP contribution in [0.2, 0.25) is 0 Å². The third-order valence-corrected chi connectivity index (χ3v) is 5.35. The summed E-state index contributed by atoms with van der Waals surface area (Å²) in [7, 11) is 0. The number of rotatable bonds is 4. The predicted octanol–water partition coefficient (Wildman–Crippen LogP) is 1.69. The van der Waals surface area contributed by atoms with E-state index in [1.165, 1.54) is 0 Å². The van der Waals surface area contributed by atoms with Gasteiger partial charge in [0.05, 0.1) is 0 Å². The summed E-state index contributed by atoms with van der Waals surface area (Å²) in [5.74, 6) is 0.387. The lowest BCUT2D eigenvalue weighted by Gasteiger charge is -2.36. The molecule has 5 heteroatoms. The second-order valence-corrected chi connectivity index (χ2v) is 7.35. The zero-order valence-electron chi connectivity index (χ0n) is 14.1. The minimum absolute atomic E-state index is 0.0107. The van der Waals surface area contributed by atoms with Crippen molar-refractivity contribution < 1.29 is 14.7 Å². The van der Waals surface area contributed by atoms with Crippen molar-refractivity contribution in [3.63, 3.8) is 0 Å². The standard InChI is InChI=1S/C17H30N2O3/c1-12(2)13(3)18-15(20)14-6-10-19(11-7-14)16(21)17(22)8-4-5-9-17/h12-14,22H,4-11H2,1-3H3,(H,18,20). The zero-order valence-corrected chi connectivity index (χ0v) is 14.1. The van der Waals surface area contributed by atoms with E-state index in [0.29, 0.717) is 44.7 Å². The molecule has 0 aromatic heterocycles. The first kappa shape index (κ1) is 17.3. The van der Waals surface area contributed by atoms with Gasteiger partial charge in [0.2, 0.25) is 5.91 Å². The molecule has 1 saturated heterocycles. The Morgan fingerprint density at radius 3 is 2.18 bits per heavy atom. The van der Waals surface area contributed by atoms with Gasteiger partial charge in [-0.15, -0.1) is 0 Å². The highest BCUT2D eigenvalue weighted by atomic mass is 16.3. The van der Waals surface area contributed by atoms with E-state index in [1.807, 2.05) is 6.92 Å². The van der Waals surface area contributed by atoms with E-state index in [2.05, 4.69) is 19.2 Å². The molecule has 0 radical (unpaired) electrons. The minimum Gasteiger partial charge on any atom is -0.380 e. The van der Waals surface area contributed by atoms with Crippen molar-refractivity contribution in [2.75, 3.05) is 13.1 Å². The maximum atomic E-state index is 12.4. The zero-order chi connectivity index (χ0) is 16.3. The topological polar surface area (TPSA) is 69.6 Å². The lowest BCUT2D eigenvalue weighted by molar-refractivity contribution is -0.153. The van der Waals surface area contributed by atoms with Crippen LogP contribution in [-0.4, -0.2) is 46.6 Å². The number of amides is 2. The Balaban J connectivity index is 1.82. The summed E-state index contributed by atoms with van der Waals surface area (Å²) in [6.45, 7) is 7.37. The number of aliphatic hydroxyl groups is 1. The summed E-state index contributed by atoms with van der Waals surface area (Å²) >= 11 is 0. The third-order valence-electron chi connectivity index (χ3n) is 5.35. The van der Waals surface area contributed by atoms with Gasteiger partial charge in [0, 0.05) is 25.0 Å². The molecule has 0 aromatic rings. The van der Waals surface area contributed by atoms with E-state index < -0.39 is 5.60 Å². The Morgan fingerprint density at radius 2 is 1.68 bits per heavy atom. The monoisotopic (exact) mass is 310 g/mol. The predicted molar refractivity (Wildman–Crippen MR) is 85.2 cm³/mol. The van der Waals surface area contributed by atoms with Crippen molar-refractivity contribution in [1.82, 2.24) is 10.2 Å². The van der Waals surface area contributed by atoms with Crippen LogP contribution in [0.4, 0.5) is 0 Å². The second-order valence-electron chi connectivity index (χ2n) is 7.35. The van der Waals surface area contributed by atoms with Crippen molar-refractivity contribution >= 4 is 11.8 Å². The molecule has 1 unspecified atom stereocenters. The lowest BCUT2D eigenvalue weighted by Crippen LogP contribution is -2.51. The van der Waals surface area contributed by atoms with Crippen molar-refractivity contribution in [3.8, 4) is 0 Å². The first-order valence-corrected chi connectivity index (χ1v) is 8.65. The highest BCUT2D eigenvalue weighted by molar-refractivity contribution is 5.86. The Bertz CT molecular complexity index is 408. The maximum absolute atomic E-state index is 12.4. The lowest BCUT2D eigenvalue weighted by atomic mass is 9.92. The van der Waals surface area contributed by atoms with Gasteiger partial charge in [-0.05, 0) is 51.4 Å². The number of piperidine rings is 1. The molecule has 2 N–H and O–H groups in total. The number of carbonyl (C=O) groups excluding carboxylic acids is 2. The summed E-state index contributed by atoms with van der Waals surface area (Å²) in [5, 5.41) is 13.5. The number of hydrogen-bond donors (Lipinski definition) is 2. The highest BCUT2D eigenvalue weighted by Crippen LogP contribution is 2.32. The van der Waals surface area contributed by atoms with Crippen LogP contribution in [-0.2, 0) is 9.59 Å². The normalized spacial score (nSPS) is 23.6. The molecule has 2 amide bonds. The summed E-state index contributed by atoms with van der Waals surface area (Å²) in [4.78, 5) is 26.4.